The Hall–Kier alpha value is 0.270. The molecule has 0 aliphatic rings. The van der Waals surface area contributed by atoms with Gasteiger partial charge in [0.15, 0.2) is 0 Å². The van der Waals surface area contributed by atoms with Gasteiger partial charge in [0.25, 0.3) is 0 Å². The Bertz CT molecular complexity index is 28.9. The lowest BCUT2D eigenvalue weighted by Crippen LogP contribution is -2.11. The van der Waals surface area contributed by atoms with Crippen LogP contribution in [0.2, 0.25) is 0 Å². The van der Waals surface area contributed by atoms with Crippen molar-refractivity contribution >= 4 is 12.1 Å². The molecule has 7 heavy (non-hydrogen) atoms. The van der Waals surface area contributed by atoms with Gasteiger partial charge in [0.05, 0.1) is 0 Å². The molecule has 0 amide bonds. The third kappa shape index (κ3) is 6.27. The first-order valence-electron chi connectivity index (χ1n) is 2.53. The summed E-state index contributed by atoms with van der Waals surface area (Å²) in [6.45, 7) is 6.17. The van der Waals surface area contributed by atoms with E-state index < -0.39 is 0 Å². The van der Waals surface area contributed by atoms with E-state index >= 15 is 0 Å². The fourth-order valence-corrected chi connectivity index (χ4v) is 0.586. The van der Waals surface area contributed by atoms with Gasteiger partial charge < -0.3 is 0 Å². The molecule has 0 unspecified atom stereocenters. The molecular formula is C4H12N2S. The highest BCUT2D eigenvalue weighted by Gasteiger charge is 1.75. The molecule has 0 rings (SSSR count). The van der Waals surface area contributed by atoms with E-state index in [4.69, 9.17) is 0 Å². The quantitative estimate of drug-likeness (QED) is 0.423. The van der Waals surface area contributed by atoms with Gasteiger partial charge in [-0.15, -0.1) is 0 Å². The van der Waals surface area contributed by atoms with Crippen LogP contribution in [-0.2, 0) is 0 Å². The van der Waals surface area contributed by atoms with Crippen molar-refractivity contribution in [2.45, 2.75) is 13.8 Å². The largest absolute Gasteiger partial charge is 0.251 e. The van der Waals surface area contributed by atoms with Gasteiger partial charge in [-0.25, -0.2) is 0 Å². The van der Waals surface area contributed by atoms with Gasteiger partial charge in [-0.1, -0.05) is 13.8 Å². The third-order valence-corrected chi connectivity index (χ3v) is 1.30. The van der Waals surface area contributed by atoms with Crippen molar-refractivity contribution in [2.24, 2.45) is 0 Å². The molecule has 0 aromatic rings. The molecule has 2 nitrogen and oxygen atoms in total. The fourth-order valence-electron chi connectivity index (χ4n) is 0.195. The van der Waals surface area contributed by atoms with Crippen LogP contribution in [0.3, 0.4) is 0 Å². The summed E-state index contributed by atoms with van der Waals surface area (Å²) in [4.78, 5) is 0. The summed E-state index contributed by atoms with van der Waals surface area (Å²) in [7, 11) is 0. The van der Waals surface area contributed by atoms with E-state index in [1.54, 1.807) is 12.1 Å². The number of hydrogen-bond acceptors (Lipinski definition) is 3. The summed E-state index contributed by atoms with van der Waals surface area (Å²) < 4.78 is 6.11. The molecular weight excluding hydrogens is 108 g/mol. The molecule has 0 saturated carbocycles. The van der Waals surface area contributed by atoms with Gasteiger partial charge in [0, 0.05) is 25.2 Å². The Balaban J connectivity index is 2.45. The minimum atomic E-state index is 1.01. The third-order valence-electron chi connectivity index (χ3n) is 0.433. The van der Waals surface area contributed by atoms with E-state index in [1.165, 1.54) is 0 Å². The monoisotopic (exact) mass is 120 g/mol. The molecule has 0 radical (unpaired) electrons. The highest BCUT2D eigenvalue weighted by molar-refractivity contribution is 7.95. The zero-order valence-corrected chi connectivity index (χ0v) is 5.64. The summed E-state index contributed by atoms with van der Waals surface area (Å²) in [5.74, 6) is 0. The predicted octanol–water partition coefficient (Wildman–Crippen LogP) is 0.769. The molecule has 2 N–H and O–H groups in total. The van der Waals surface area contributed by atoms with Crippen LogP contribution in [0, 0.1) is 0 Å². The van der Waals surface area contributed by atoms with Gasteiger partial charge in [-0.3, -0.25) is 9.44 Å². The Kier molecular flexibility index (Phi) is 6.51. The Morgan fingerprint density at radius 3 is 1.86 bits per heavy atom. The van der Waals surface area contributed by atoms with E-state index in [0.717, 1.165) is 13.1 Å². The summed E-state index contributed by atoms with van der Waals surface area (Å²) in [5.41, 5.74) is 0. The highest BCUT2D eigenvalue weighted by Crippen LogP contribution is 1.78. The first kappa shape index (κ1) is 7.27. The maximum atomic E-state index is 3.05. The smallest absolute Gasteiger partial charge is 0.00420 e. The van der Waals surface area contributed by atoms with Gasteiger partial charge in [-0.05, 0) is 0 Å². The summed E-state index contributed by atoms with van der Waals surface area (Å²) in [6, 6.07) is 0. The first-order valence-corrected chi connectivity index (χ1v) is 3.35. The molecule has 0 aliphatic carbocycles. The van der Waals surface area contributed by atoms with E-state index in [1.807, 2.05) is 0 Å². The summed E-state index contributed by atoms with van der Waals surface area (Å²) >= 11 is 1.55. The second-order valence-electron chi connectivity index (χ2n) is 1.10. The second-order valence-corrected chi connectivity index (χ2v) is 1.88. The minimum absolute atomic E-state index is 1.01. The van der Waals surface area contributed by atoms with Crippen molar-refractivity contribution in [3.8, 4) is 0 Å². The summed E-state index contributed by atoms with van der Waals surface area (Å²) in [5, 5.41) is 0. The zero-order chi connectivity index (χ0) is 5.54. The second kappa shape index (κ2) is 6.27. The normalized spacial score (nSPS) is 9.43. The molecule has 0 aromatic carbocycles. The molecule has 0 spiro atoms. The van der Waals surface area contributed by atoms with Crippen molar-refractivity contribution in [3.63, 3.8) is 0 Å². The topological polar surface area (TPSA) is 24.1 Å². The van der Waals surface area contributed by atoms with Crippen LogP contribution in [0.25, 0.3) is 0 Å². The van der Waals surface area contributed by atoms with Gasteiger partial charge in [0.1, 0.15) is 0 Å². The van der Waals surface area contributed by atoms with Crippen molar-refractivity contribution in [1.82, 2.24) is 9.44 Å². The lowest BCUT2D eigenvalue weighted by molar-refractivity contribution is 0.978. The standard InChI is InChI=1S/C4H12N2S/c1-3-5-7-6-4-2/h5-6H,3-4H2,1-2H3. The van der Waals surface area contributed by atoms with E-state index in [9.17, 15) is 0 Å². The SMILES string of the molecule is CCNSNCC. The maximum Gasteiger partial charge on any atom is 0.00420 e. The lowest BCUT2D eigenvalue weighted by atomic mass is 10.8. The predicted molar refractivity (Wildman–Crippen MR) is 34.9 cm³/mol. The Morgan fingerprint density at radius 2 is 1.57 bits per heavy atom. The molecule has 0 aliphatic heterocycles. The first-order chi connectivity index (χ1) is 3.41. The average Bonchev–Trinajstić information content (AvgIpc) is 1.69. The van der Waals surface area contributed by atoms with E-state index in [2.05, 4.69) is 23.3 Å². The van der Waals surface area contributed by atoms with Crippen molar-refractivity contribution in [2.75, 3.05) is 13.1 Å². The van der Waals surface area contributed by atoms with Crippen LogP contribution < -0.4 is 9.44 Å². The molecule has 0 heterocycles. The molecule has 0 saturated heterocycles. The molecule has 0 fully saturated rings. The molecule has 0 atom stereocenters. The van der Waals surface area contributed by atoms with Crippen LogP contribution in [0.15, 0.2) is 0 Å². The summed E-state index contributed by atoms with van der Waals surface area (Å²) in [6.07, 6.45) is 0. The van der Waals surface area contributed by atoms with Gasteiger partial charge in [-0.2, -0.15) is 0 Å². The zero-order valence-electron chi connectivity index (χ0n) is 4.82. The molecule has 0 bridgehead atoms. The van der Waals surface area contributed by atoms with Crippen molar-refractivity contribution in [1.29, 1.82) is 0 Å². The number of nitrogens with one attached hydrogen (secondary N) is 2. The highest BCUT2D eigenvalue weighted by atomic mass is 32.2. The van der Waals surface area contributed by atoms with Crippen LogP contribution >= 0.6 is 12.1 Å². The Morgan fingerprint density at radius 1 is 1.14 bits per heavy atom. The van der Waals surface area contributed by atoms with Crippen LogP contribution in [0.1, 0.15) is 13.8 Å². The van der Waals surface area contributed by atoms with Crippen LogP contribution in [0.4, 0.5) is 0 Å². The number of hydrogen-bond donors (Lipinski definition) is 2. The lowest BCUT2D eigenvalue weighted by Gasteiger charge is -1.96. The molecule has 3 heteroatoms. The van der Waals surface area contributed by atoms with Gasteiger partial charge in [0.2, 0.25) is 0 Å². The van der Waals surface area contributed by atoms with Crippen LogP contribution in [-0.4, -0.2) is 13.1 Å². The molecule has 0 aromatic heterocycles. The van der Waals surface area contributed by atoms with E-state index in [0.29, 0.717) is 0 Å². The molecule has 44 valence electrons. The maximum absolute atomic E-state index is 3.05. The van der Waals surface area contributed by atoms with Crippen LogP contribution in [0.5, 0.6) is 0 Å². The van der Waals surface area contributed by atoms with E-state index in [-0.39, 0.29) is 0 Å². The van der Waals surface area contributed by atoms with Crippen molar-refractivity contribution < 1.29 is 0 Å². The van der Waals surface area contributed by atoms with Crippen molar-refractivity contribution in [3.05, 3.63) is 0 Å². The average molecular weight is 120 g/mol. The minimum Gasteiger partial charge on any atom is -0.251 e. The number of rotatable bonds is 4. The Labute approximate surface area is 49.3 Å². The fraction of sp³-hybridized carbons (Fsp3) is 1.00. The van der Waals surface area contributed by atoms with Gasteiger partial charge >= 0.3 is 0 Å².